The van der Waals surface area contributed by atoms with Gasteiger partial charge < -0.3 is 5.21 Å². The van der Waals surface area contributed by atoms with Gasteiger partial charge in [-0.1, -0.05) is 12.1 Å². The third kappa shape index (κ3) is 1.26. The molecule has 0 saturated carbocycles. The number of fused-ring (bicyclic) bond motifs is 1. The molecule has 14 heavy (non-hydrogen) atoms. The van der Waals surface area contributed by atoms with Gasteiger partial charge in [0.25, 0.3) is 0 Å². The van der Waals surface area contributed by atoms with Crippen molar-refractivity contribution in [3.63, 3.8) is 0 Å². The van der Waals surface area contributed by atoms with E-state index < -0.39 is 6.30 Å². The van der Waals surface area contributed by atoms with Crippen LogP contribution in [-0.2, 0) is 4.94 Å². The van der Waals surface area contributed by atoms with Gasteiger partial charge in [0.15, 0.2) is 0 Å². The number of alkyl halides is 3. The van der Waals surface area contributed by atoms with E-state index in [1.165, 1.54) is 18.2 Å². The van der Waals surface area contributed by atoms with Crippen molar-refractivity contribution in [2.24, 2.45) is 0 Å². The highest BCUT2D eigenvalue weighted by molar-refractivity contribution is 5.72. The van der Waals surface area contributed by atoms with Crippen LogP contribution in [0.5, 0.6) is 0 Å². The van der Waals surface area contributed by atoms with Gasteiger partial charge in [0.1, 0.15) is 5.69 Å². The van der Waals surface area contributed by atoms with E-state index >= 15 is 0 Å². The van der Waals surface area contributed by atoms with Crippen molar-refractivity contribution in [2.45, 2.75) is 6.30 Å². The fourth-order valence-corrected chi connectivity index (χ4v) is 1.14. The van der Waals surface area contributed by atoms with Crippen LogP contribution < -0.4 is 10.3 Å². The predicted molar refractivity (Wildman–Crippen MR) is 41.9 cm³/mol. The topological polar surface area (TPSA) is 38.8 Å². The molecule has 0 N–H and O–H groups in total. The molecule has 1 aliphatic rings. The summed E-state index contributed by atoms with van der Waals surface area (Å²) in [6.07, 6.45) is -4.73. The van der Waals surface area contributed by atoms with Crippen LogP contribution in [0.3, 0.4) is 0 Å². The van der Waals surface area contributed by atoms with E-state index in [1.54, 1.807) is 0 Å². The van der Waals surface area contributed by atoms with Gasteiger partial charge >= 0.3 is 6.30 Å². The largest absolute Gasteiger partial charge is 0.731 e. The van der Waals surface area contributed by atoms with Gasteiger partial charge in [-0.05, 0) is 12.1 Å². The molecule has 0 aliphatic carbocycles. The maximum Gasteiger partial charge on any atom is 0.510 e. The molecule has 76 valence electrons. The number of para-hydroxylation sites is 2. The number of benzene rings is 1. The highest BCUT2D eigenvalue weighted by atomic mass is 19.4. The molecule has 1 heterocycles. The zero-order chi connectivity index (χ0) is 10.3. The summed E-state index contributed by atoms with van der Waals surface area (Å²) in [7, 11) is 0. The van der Waals surface area contributed by atoms with Crippen molar-refractivity contribution in [3.05, 3.63) is 29.5 Å². The molecule has 0 unspecified atom stereocenters. The number of rotatable bonds is 0. The van der Waals surface area contributed by atoms with Gasteiger partial charge in [-0.15, -0.1) is 18.2 Å². The van der Waals surface area contributed by atoms with Crippen molar-refractivity contribution in [3.8, 4) is 0 Å². The van der Waals surface area contributed by atoms with Crippen molar-refractivity contribution in [2.75, 3.05) is 10.3 Å². The number of hydrogen-bond acceptors (Lipinski definition) is 4. The summed E-state index contributed by atoms with van der Waals surface area (Å²) in [4.78, 5) is 3.98. The summed E-state index contributed by atoms with van der Waals surface area (Å²) in [5.74, 6) is 0. The zero-order valence-corrected chi connectivity index (χ0v) is 6.65. The minimum atomic E-state index is -4.73. The van der Waals surface area contributed by atoms with E-state index in [0.717, 1.165) is 6.07 Å². The Morgan fingerprint density at radius 3 is 2.29 bits per heavy atom. The Hall–Kier alpha value is -1.47. The maximum atomic E-state index is 12.2. The molecule has 0 amide bonds. The summed E-state index contributed by atoms with van der Waals surface area (Å²) in [5, 5.41) is 10.3. The highest BCUT2D eigenvalue weighted by Crippen LogP contribution is 2.41. The first kappa shape index (κ1) is 9.10. The normalized spacial score (nSPS) is 16.0. The Labute approximate surface area is 76.6 Å². The van der Waals surface area contributed by atoms with Crippen LogP contribution in [0, 0.1) is 5.21 Å². The molecule has 0 aromatic heterocycles. The summed E-state index contributed by atoms with van der Waals surface area (Å²) >= 11 is 0. The first-order valence-corrected chi connectivity index (χ1v) is 3.61. The second-order valence-electron chi connectivity index (χ2n) is 2.59. The third-order valence-electron chi connectivity index (χ3n) is 1.68. The standard InChI is InChI=1S/C7H4F3N2O2/c8-7(9,10)11-5-3-1-2-4-6(5)12(13)14-11/h1-4H/q-1. The molecule has 0 atom stereocenters. The van der Waals surface area contributed by atoms with Gasteiger partial charge in [-0.3, -0.25) is 5.23 Å². The summed E-state index contributed by atoms with van der Waals surface area (Å²) in [5.41, 5.74) is -0.472. The number of nitrogens with zero attached hydrogens (tertiary/aromatic N) is 2. The Bertz CT molecular complexity index is 355. The van der Waals surface area contributed by atoms with Gasteiger partial charge in [0.2, 0.25) is 0 Å². The molecule has 0 spiro atoms. The average molecular weight is 205 g/mol. The van der Waals surface area contributed by atoms with Gasteiger partial charge in [-0.25, -0.2) is 0 Å². The molecular weight excluding hydrogens is 201 g/mol. The Morgan fingerprint density at radius 1 is 1.14 bits per heavy atom. The molecule has 7 heteroatoms. The van der Waals surface area contributed by atoms with Crippen LogP contribution in [0.15, 0.2) is 24.3 Å². The SMILES string of the molecule is [O-]N1ON(C(F)(F)F)c2ccccc21. The van der Waals surface area contributed by atoms with Crippen LogP contribution >= 0.6 is 0 Å². The van der Waals surface area contributed by atoms with E-state index in [4.69, 9.17) is 0 Å². The number of anilines is 2. The Balaban J connectivity index is 2.44. The fraction of sp³-hybridized carbons (Fsp3) is 0.143. The number of hydrogen-bond donors (Lipinski definition) is 0. The lowest BCUT2D eigenvalue weighted by molar-refractivity contribution is -0.188. The quantitative estimate of drug-likeness (QED) is 0.608. The Kier molecular flexibility index (Phi) is 1.79. The van der Waals surface area contributed by atoms with E-state index in [9.17, 15) is 18.4 Å². The first-order chi connectivity index (χ1) is 6.50. The van der Waals surface area contributed by atoms with Crippen molar-refractivity contribution in [1.82, 2.24) is 0 Å². The summed E-state index contributed by atoms with van der Waals surface area (Å²) in [6.45, 7) is 0. The van der Waals surface area contributed by atoms with Gasteiger partial charge in [-0.2, -0.15) is 4.94 Å². The number of hydroxylamine groups is 1. The van der Waals surface area contributed by atoms with Crippen LogP contribution in [0.2, 0.25) is 0 Å². The lowest BCUT2D eigenvalue weighted by Gasteiger charge is -2.24. The molecule has 4 nitrogen and oxygen atoms in total. The third-order valence-corrected chi connectivity index (χ3v) is 1.68. The molecule has 0 bridgehead atoms. The monoisotopic (exact) mass is 205 g/mol. The van der Waals surface area contributed by atoms with Crippen molar-refractivity contribution >= 4 is 11.4 Å². The molecular formula is C7H4F3N2O2-. The summed E-state index contributed by atoms with van der Waals surface area (Å²) in [6, 6.07) is 5.24. The average Bonchev–Trinajstić information content (AvgIpc) is 2.44. The minimum absolute atomic E-state index is 0.162. The molecule has 1 aromatic rings. The molecule has 1 aliphatic heterocycles. The lowest BCUT2D eigenvalue weighted by Crippen LogP contribution is -2.37. The van der Waals surface area contributed by atoms with Crippen LogP contribution in [0.25, 0.3) is 0 Å². The zero-order valence-electron chi connectivity index (χ0n) is 6.65. The van der Waals surface area contributed by atoms with Gasteiger partial charge in [0, 0.05) is 0 Å². The van der Waals surface area contributed by atoms with Crippen LogP contribution in [0.1, 0.15) is 0 Å². The fourth-order valence-electron chi connectivity index (χ4n) is 1.14. The first-order valence-electron chi connectivity index (χ1n) is 3.61. The van der Waals surface area contributed by atoms with E-state index in [0.29, 0.717) is 0 Å². The van der Waals surface area contributed by atoms with E-state index in [-0.39, 0.29) is 21.7 Å². The molecule has 2 rings (SSSR count). The minimum Gasteiger partial charge on any atom is -0.731 e. The van der Waals surface area contributed by atoms with Crippen molar-refractivity contribution < 1.29 is 18.1 Å². The van der Waals surface area contributed by atoms with Crippen molar-refractivity contribution in [1.29, 1.82) is 0 Å². The number of halogens is 3. The van der Waals surface area contributed by atoms with Gasteiger partial charge in [0.05, 0.1) is 5.69 Å². The molecule has 1 aromatic carbocycles. The molecule has 0 fully saturated rings. The highest BCUT2D eigenvalue weighted by Gasteiger charge is 2.44. The smallest absolute Gasteiger partial charge is 0.510 e. The Morgan fingerprint density at radius 2 is 1.71 bits per heavy atom. The molecule has 0 saturated heterocycles. The van der Waals surface area contributed by atoms with Crippen LogP contribution in [0.4, 0.5) is 24.5 Å². The van der Waals surface area contributed by atoms with E-state index in [2.05, 4.69) is 4.94 Å². The van der Waals surface area contributed by atoms with E-state index in [1.807, 2.05) is 0 Å². The second-order valence-corrected chi connectivity index (χ2v) is 2.59. The van der Waals surface area contributed by atoms with Crippen LogP contribution in [-0.4, -0.2) is 6.30 Å². The second kappa shape index (κ2) is 2.76. The lowest BCUT2D eigenvalue weighted by atomic mass is 10.3. The molecule has 0 radical (unpaired) electrons. The maximum absolute atomic E-state index is 12.2. The predicted octanol–water partition coefficient (Wildman–Crippen LogP) is 2.18. The summed E-state index contributed by atoms with van der Waals surface area (Å²) < 4.78 is 36.7.